The Hall–Kier alpha value is -3.03. The predicted molar refractivity (Wildman–Crippen MR) is 112 cm³/mol. The molecule has 3 aromatic heterocycles. The van der Waals surface area contributed by atoms with E-state index in [2.05, 4.69) is 25.4 Å². The molecule has 0 aromatic carbocycles. The average Bonchev–Trinajstić information content (AvgIpc) is 2.97. The summed E-state index contributed by atoms with van der Waals surface area (Å²) in [5.41, 5.74) is 1.72. The van der Waals surface area contributed by atoms with E-state index in [-0.39, 0.29) is 5.91 Å². The van der Waals surface area contributed by atoms with Crippen LogP contribution in [0.2, 0.25) is 0 Å². The number of hydrogen-bond donors (Lipinski definition) is 1. The van der Waals surface area contributed by atoms with Crippen molar-refractivity contribution in [3.05, 3.63) is 36.3 Å². The summed E-state index contributed by atoms with van der Waals surface area (Å²) in [6, 6.07) is 5.74. The first-order valence-electron chi connectivity index (χ1n) is 10.4. The zero-order chi connectivity index (χ0) is 20.1. The monoisotopic (exact) mass is 393 g/mol. The molecule has 0 bridgehead atoms. The number of nitrogens with one attached hydrogen (secondary N) is 1. The van der Waals surface area contributed by atoms with E-state index < -0.39 is 0 Å². The van der Waals surface area contributed by atoms with Gasteiger partial charge in [-0.05, 0) is 38.3 Å². The largest absolute Gasteiger partial charge is 0.370 e. The fourth-order valence-corrected chi connectivity index (χ4v) is 3.66. The van der Waals surface area contributed by atoms with E-state index in [1.165, 1.54) is 12.8 Å². The number of rotatable bonds is 6. The van der Waals surface area contributed by atoms with Crippen molar-refractivity contribution in [2.24, 2.45) is 0 Å². The number of likely N-dealkylation sites (tertiary alicyclic amines) is 1. The molecule has 152 valence electrons. The Kier molecular flexibility index (Phi) is 5.97. The van der Waals surface area contributed by atoms with E-state index in [4.69, 9.17) is 0 Å². The number of aryl methyl sites for hydroxylation is 1. The summed E-state index contributed by atoms with van der Waals surface area (Å²) in [7, 11) is 0. The van der Waals surface area contributed by atoms with Gasteiger partial charge in [-0.15, -0.1) is 5.10 Å². The van der Waals surface area contributed by atoms with Crippen molar-refractivity contribution in [2.45, 2.75) is 45.4 Å². The molecule has 8 nitrogen and oxygen atoms in total. The van der Waals surface area contributed by atoms with Crippen LogP contribution in [0.25, 0.3) is 17.2 Å². The molecule has 0 aliphatic carbocycles. The summed E-state index contributed by atoms with van der Waals surface area (Å²) in [4.78, 5) is 27.6. The zero-order valence-corrected chi connectivity index (χ0v) is 16.8. The first-order valence-corrected chi connectivity index (χ1v) is 10.4. The summed E-state index contributed by atoms with van der Waals surface area (Å²) in [5.74, 6) is 2.24. The van der Waals surface area contributed by atoms with Gasteiger partial charge in [0.05, 0.1) is 0 Å². The third-order valence-corrected chi connectivity index (χ3v) is 5.19. The van der Waals surface area contributed by atoms with Crippen LogP contribution in [0.3, 0.4) is 0 Å². The quantitative estimate of drug-likeness (QED) is 0.648. The van der Waals surface area contributed by atoms with Crippen LogP contribution in [-0.2, 0) is 4.79 Å². The SMILES string of the molecule is Cc1cc(NCCCC(=O)N2CCCCCC2)n2nc(-c3cccnc3)nc2n1. The van der Waals surface area contributed by atoms with Crippen LogP contribution in [0.15, 0.2) is 30.6 Å². The van der Waals surface area contributed by atoms with Gasteiger partial charge in [0.25, 0.3) is 5.78 Å². The molecule has 1 aliphatic rings. The number of fused-ring (bicyclic) bond motifs is 1. The van der Waals surface area contributed by atoms with Crippen molar-refractivity contribution in [1.29, 1.82) is 0 Å². The molecule has 29 heavy (non-hydrogen) atoms. The molecule has 0 atom stereocenters. The van der Waals surface area contributed by atoms with Crippen molar-refractivity contribution in [3.63, 3.8) is 0 Å². The fourth-order valence-electron chi connectivity index (χ4n) is 3.66. The second-order valence-corrected chi connectivity index (χ2v) is 7.50. The molecule has 0 radical (unpaired) electrons. The Morgan fingerprint density at radius 2 is 2.00 bits per heavy atom. The molecule has 4 rings (SSSR count). The predicted octanol–water partition coefficient (Wildman–Crippen LogP) is 3.09. The van der Waals surface area contributed by atoms with Gasteiger partial charge in [0.2, 0.25) is 5.91 Å². The smallest absolute Gasteiger partial charge is 0.254 e. The Labute approximate surface area is 170 Å². The van der Waals surface area contributed by atoms with Crippen molar-refractivity contribution < 1.29 is 4.79 Å². The van der Waals surface area contributed by atoms with Gasteiger partial charge in [-0.1, -0.05) is 12.8 Å². The number of nitrogens with zero attached hydrogens (tertiary/aromatic N) is 6. The second kappa shape index (κ2) is 8.98. The van der Waals surface area contributed by atoms with Gasteiger partial charge in [0.15, 0.2) is 5.82 Å². The third-order valence-electron chi connectivity index (χ3n) is 5.19. The number of anilines is 1. The van der Waals surface area contributed by atoms with Crippen molar-refractivity contribution >= 4 is 17.5 Å². The highest BCUT2D eigenvalue weighted by Crippen LogP contribution is 2.18. The van der Waals surface area contributed by atoms with E-state index >= 15 is 0 Å². The van der Waals surface area contributed by atoms with Crippen molar-refractivity contribution in [3.8, 4) is 11.4 Å². The van der Waals surface area contributed by atoms with Gasteiger partial charge in [0.1, 0.15) is 5.82 Å². The Balaban J connectivity index is 1.40. The first-order chi connectivity index (χ1) is 14.2. The summed E-state index contributed by atoms with van der Waals surface area (Å²) < 4.78 is 1.71. The Bertz CT molecular complexity index is 962. The number of carbonyl (C=O) groups excluding carboxylic acids is 1. The lowest BCUT2D eigenvalue weighted by Gasteiger charge is -2.20. The highest BCUT2D eigenvalue weighted by Gasteiger charge is 2.15. The molecule has 0 saturated carbocycles. The Morgan fingerprint density at radius 1 is 1.17 bits per heavy atom. The molecule has 1 saturated heterocycles. The molecular formula is C21H27N7O. The highest BCUT2D eigenvalue weighted by atomic mass is 16.2. The summed E-state index contributed by atoms with van der Waals surface area (Å²) in [6.07, 6.45) is 9.54. The van der Waals surface area contributed by atoms with Crippen molar-refractivity contribution in [1.82, 2.24) is 29.5 Å². The van der Waals surface area contributed by atoms with Gasteiger partial charge >= 0.3 is 0 Å². The maximum Gasteiger partial charge on any atom is 0.254 e. The van der Waals surface area contributed by atoms with Crippen molar-refractivity contribution in [2.75, 3.05) is 25.0 Å². The Morgan fingerprint density at radius 3 is 2.76 bits per heavy atom. The number of carbonyl (C=O) groups is 1. The molecule has 1 amide bonds. The minimum Gasteiger partial charge on any atom is -0.370 e. The molecule has 0 spiro atoms. The molecular weight excluding hydrogens is 366 g/mol. The second-order valence-electron chi connectivity index (χ2n) is 7.50. The zero-order valence-electron chi connectivity index (χ0n) is 16.8. The van der Waals surface area contributed by atoms with Gasteiger partial charge in [0, 0.05) is 55.8 Å². The molecule has 1 fully saturated rings. The summed E-state index contributed by atoms with van der Waals surface area (Å²) >= 11 is 0. The van der Waals surface area contributed by atoms with E-state index in [1.54, 1.807) is 16.9 Å². The number of hydrogen-bond acceptors (Lipinski definition) is 6. The summed E-state index contributed by atoms with van der Waals surface area (Å²) in [5, 5.41) is 7.99. The lowest BCUT2D eigenvalue weighted by molar-refractivity contribution is -0.131. The molecule has 3 aromatic rings. The molecule has 1 N–H and O–H groups in total. The van der Waals surface area contributed by atoms with Gasteiger partial charge in [-0.2, -0.15) is 9.50 Å². The van der Waals surface area contributed by atoms with Crippen LogP contribution < -0.4 is 5.32 Å². The highest BCUT2D eigenvalue weighted by molar-refractivity contribution is 5.76. The van der Waals surface area contributed by atoms with E-state index in [0.717, 1.165) is 49.4 Å². The van der Waals surface area contributed by atoms with Gasteiger partial charge in [-0.3, -0.25) is 9.78 Å². The van der Waals surface area contributed by atoms with Crippen LogP contribution in [0.1, 0.15) is 44.2 Å². The summed E-state index contributed by atoms with van der Waals surface area (Å²) in [6.45, 7) is 4.45. The van der Waals surface area contributed by atoms with Gasteiger partial charge < -0.3 is 10.2 Å². The van der Waals surface area contributed by atoms with E-state index in [0.29, 0.717) is 24.6 Å². The lowest BCUT2D eigenvalue weighted by Crippen LogP contribution is -2.31. The van der Waals surface area contributed by atoms with E-state index in [9.17, 15) is 4.79 Å². The van der Waals surface area contributed by atoms with Crippen LogP contribution in [-0.4, -0.2) is 55.0 Å². The van der Waals surface area contributed by atoms with Gasteiger partial charge in [-0.25, -0.2) is 4.98 Å². The van der Waals surface area contributed by atoms with Crippen LogP contribution in [0, 0.1) is 6.92 Å². The standard InChI is InChI=1S/C21H27N7O/c1-16-14-18(23-11-7-9-19(29)27-12-4-2-3-5-13-27)28-21(24-16)25-20(26-28)17-8-6-10-22-15-17/h6,8,10,14-15,23H,2-5,7,9,11-13H2,1H3. The van der Waals surface area contributed by atoms with Crippen LogP contribution in [0.4, 0.5) is 5.82 Å². The lowest BCUT2D eigenvalue weighted by atomic mass is 10.2. The third kappa shape index (κ3) is 4.70. The maximum atomic E-state index is 12.4. The number of aromatic nitrogens is 5. The topological polar surface area (TPSA) is 88.3 Å². The van der Waals surface area contributed by atoms with E-state index in [1.807, 2.05) is 30.0 Å². The molecule has 1 aliphatic heterocycles. The fraction of sp³-hybridized carbons (Fsp3) is 0.476. The molecule has 4 heterocycles. The van der Waals surface area contributed by atoms with Crippen LogP contribution in [0.5, 0.6) is 0 Å². The minimum absolute atomic E-state index is 0.268. The van der Waals surface area contributed by atoms with Crippen LogP contribution >= 0.6 is 0 Å². The minimum atomic E-state index is 0.268. The number of pyridine rings is 1. The maximum absolute atomic E-state index is 12.4. The molecule has 0 unspecified atom stereocenters. The molecule has 8 heteroatoms. The number of amides is 1. The first kappa shape index (κ1) is 19.3. The average molecular weight is 393 g/mol. The normalized spacial score (nSPS) is 14.7.